The van der Waals surface area contributed by atoms with Crippen LogP contribution in [0.15, 0.2) is 0 Å². The summed E-state index contributed by atoms with van der Waals surface area (Å²) in [5.74, 6) is 0.411. The molecule has 4 nitrogen and oxygen atoms in total. The van der Waals surface area contributed by atoms with Crippen molar-refractivity contribution in [2.24, 2.45) is 11.8 Å². The Morgan fingerprint density at radius 3 is 2.50 bits per heavy atom. The molecule has 0 radical (unpaired) electrons. The van der Waals surface area contributed by atoms with Crippen molar-refractivity contribution in [2.75, 3.05) is 13.1 Å². The summed E-state index contributed by atoms with van der Waals surface area (Å²) in [5.41, 5.74) is 2.19. The van der Waals surface area contributed by atoms with Crippen LogP contribution in [0.4, 0.5) is 0 Å². The molecular weight excluding hydrogens is 180 g/mol. The highest BCUT2D eigenvalue weighted by Gasteiger charge is 2.30. The molecule has 1 aliphatic rings. The first kappa shape index (κ1) is 11.5. The Hall–Kier alpha value is -0.610. The van der Waals surface area contributed by atoms with E-state index in [-0.39, 0.29) is 17.4 Å². The minimum atomic E-state index is -0.328. The summed E-state index contributed by atoms with van der Waals surface area (Å²) >= 11 is 0. The van der Waals surface area contributed by atoms with E-state index in [0.29, 0.717) is 5.92 Å². The van der Waals surface area contributed by atoms with Crippen LogP contribution in [0, 0.1) is 11.8 Å². The maximum atomic E-state index is 11.6. The van der Waals surface area contributed by atoms with E-state index >= 15 is 0 Å². The molecule has 2 atom stereocenters. The molecular formula is C10H20N2O2. The number of hydrogen-bond donors (Lipinski definition) is 2. The molecule has 0 bridgehead atoms. The lowest BCUT2D eigenvalue weighted by atomic mass is 9.98. The maximum absolute atomic E-state index is 11.6. The lowest BCUT2D eigenvalue weighted by Gasteiger charge is -2.21. The lowest BCUT2D eigenvalue weighted by Crippen LogP contribution is -2.39. The summed E-state index contributed by atoms with van der Waals surface area (Å²) in [6.45, 7) is 9.45. The summed E-state index contributed by atoms with van der Waals surface area (Å²) in [4.78, 5) is 16.9. The zero-order chi connectivity index (χ0) is 10.8. The van der Waals surface area contributed by atoms with E-state index in [1.165, 1.54) is 0 Å². The predicted octanol–water partition coefficient (Wildman–Crippen LogP) is 0.688. The van der Waals surface area contributed by atoms with Crippen LogP contribution >= 0.6 is 0 Å². The van der Waals surface area contributed by atoms with Crippen LogP contribution in [-0.4, -0.2) is 24.6 Å². The van der Waals surface area contributed by atoms with E-state index in [2.05, 4.69) is 17.7 Å². The second-order valence-electron chi connectivity index (χ2n) is 4.92. The molecule has 4 heteroatoms. The van der Waals surface area contributed by atoms with E-state index in [9.17, 15) is 4.79 Å². The van der Waals surface area contributed by atoms with Gasteiger partial charge in [0, 0.05) is 6.54 Å². The molecule has 0 aromatic rings. The normalized spacial score (nSPS) is 27.7. The van der Waals surface area contributed by atoms with Gasteiger partial charge in [-0.05, 0) is 33.2 Å². The van der Waals surface area contributed by atoms with Gasteiger partial charge in [0.25, 0.3) is 0 Å². The van der Waals surface area contributed by atoms with Crippen LogP contribution in [-0.2, 0) is 9.63 Å². The average Bonchev–Trinajstić information content (AvgIpc) is 2.46. The van der Waals surface area contributed by atoms with Crippen LogP contribution in [0.3, 0.4) is 0 Å². The number of hydroxylamine groups is 1. The van der Waals surface area contributed by atoms with Crippen LogP contribution in [0.25, 0.3) is 0 Å². The highest BCUT2D eigenvalue weighted by Crippen LogP contribution is 2.16. The summed E-state index contributed by atoms with van der Waals surface area (Å²) < 4.78 is 0. The van der Waals surface area contributed by atoms with Crippen molar-refractivity contribution in [2.45, 2.75) is 33.3 Å². The molecule has 1 heterocycles. The topological polar surface area (TPSA) is 50.4 Å². The van der Waals surface area contributed by atoms with Crippen LogP contribution in [0.1, 0.15) is 27.7 Å². The second kappa shape index (κ2) is 4.28. The van der Waals surface area contributed by atoms with Crippen molar-refractivity contribution in [3.05, 3.63) is 0 Å². The van der Waals surface area contributed by atoms with Gasteiger partial charge in [0.2, 0.25) is 5.91 Å². The van der Waals surface area contributed by atoms with Gasteiger partial charge in [-0.25, -0.2) is 5.48 Å². The first-order valence-electron chi connectivity index (χ1n) is 5.09. The summed E-state index contributed by atoms with van der Waals surface area (Å²) in [6.07, 6.45) is 0. The van der Waals surface area contributed by atoms with E-state index in [1.54, 1.807) is 0 Å². The second-order valence-corrected chi connectivity index (χ2v) is 4.92. The lowest BCUT2D eigenvalue weighted by molar-refractivity contribution is -0.150. The van der Waals surface area contributed by atoms with E-state index in [0.717, 1.165) is 13.1 Å². The fraction of sp³-hybridized carbons (Fsp3) is 0.900. The van der Waals surface area contributed by atoms with Gasteiger partial charge in [0.1, 0.15) is 0 Å². The van der Waals surface area contributed by atoms with Crippen molar-refractivity contribution in [1.82, 2.24) is 10.8 Å². The minimum Gasteiger partial charge on any atom is -0.316 e. The SMILES string of the molecule is CC1CNCC1C(=O)NOC(C)(C)C. The van der Waals surface area contributed by atoms with Gasteiger partial charge in [-0.1, -0.05) is 6.92 Å². The van der Waals surface area contributed by atoms with Gasteiger partial charge >= 0.3 is 0 Å². The third kappa shape index (κ3) is 3.27. The van der Waals surface area contributed by atoms with Crippen molar-refractivity contribution < 1.29 is 9.63 Å². The monoisotopic (exact) mass is 200 g/mol. The Morgan fingerprint density at radius 2 is 2.07 bits per heavy atom. The summed E-state index contributed by atoms with van der Waals surface area (Å²) in [6, 6.07) is 0. The maximum Gasteiger partial charge on any atom is 0.248 e. The van der Waals surface area contributed by atoms with Crippen LogP contribution < -0.4 is 10.8 Å². The van der Waals surface area contributed by atoms with Crippen molar-refractivity contribution in [1.29, 1.82) is 0 Å². The van der Waals surface area contributed by atoms with Crippen molar-refractivity contribution in [3.8, 4) is 0 Å². The number of rotatable bonds is 2. The molecule has 1 aliphatic heterocycles. The predicted molar refractivity (Wildman–Crippen MR) is 54.5 cm³/mol. The van der Waals surface area contributed by atoms with Crippen LogP contribution in [0.2, 0.25) is 0 Å². The highest BCUT2D eigenvalue weighted by molar-refractivity contribution is 5.78. The fourth-order valence-electron chi connectivity index (χ4n) is 1.44. The standard InChI is InChI=1S/C10H20N2O2/c1-7-5-11-6-8(7)9(13)12-14-10(2,3)4/h7-8,11H,5-6H2,1-4H3,(H,12,13). The molecule has 0 saturated carbocycles. The molecule has 1 saturated heterocycles. The van der Waals surface area contributed by atoms with Crippen LogP contribution in [0.5, 0.6) is 0 Å². The largest absolute Gasteiger partial charge is 0.316 e. The van der Waals surface area contributed by atoms with E-state index in [1.807, 2.05) is 20.8 Å². The number of hydrogen-bond acceptors (Lipinski definition) is 3. The number of nitrogens with one attached hydrogen (secondary N) is 2. The first-order chi connectivity index (χ1) is 6.40. The Balaban J connectivity index is 2.35. The van der Waals surface area contributed by atoms with Gasteiger partial charge in [0.05, 0.1) is 11.5 Å². The minimum absolute atomic E-state index is 0.0163. The molecule has 0 spiro atoms. The Morgan fingerprint density at radius 1 is 1.43 bits per heavy atom. The molecule has 1 fully saturated rings. The highest BCUT2D eigenvalue weighted by atomic mass is 16.7. The zero-order valence-corrected chi connectivity index (χ0v) is 9.39. The molecule has 0 aromatic carbocycles. The van der Waals surface area contributed by atoms with Crippen molar-refractivity contribution >= 4 is 5.91 Å². The Kier molecular flexibility index (Phi) is 3.50. The van der Waals surface area contributed by atoms with Gasteiger partial charge in [0.15, 0.2) is 0 Å². The van der Waals surface area contributed by atoms with Gasteiger partial charge < -0.3 is 5.32 Å². The Labute approximate surface area is 85.3 Å². The fourth-order valence-corrected chi connectivity index (χ4v) is 1.44. The summed E-state index contributed by atoms with van der Waals surface area (Å²) in [5, 5.41) is 3.18. The number of carbonyl (C=O) groups is 1. The van der Waals surface area contributed by atoms with Crippen molar-refractivity contribution in [3.63, 3.8) is 0 Å². The Bertz CT molecular complexity index is 211. The molecule has 14 heavy (non-hydrogen) atoms. The number of amides is 1. The molecule has 82 valence electrons. The van der Waals surface area contributed by atoms with Gasteiger partial charge in [-0.15, -0.1) is 0 Å². The molecule has 0 aromatic heterocycles. The van der Waals surface area contributed by atoms with Gasteiger partial charge in [-0.2, -0.15) is 0 Å². The zero-order valence-electron chi connectivity index (χ0n) is 9.39. The smallest absolute Gasteiger partial charge is 0.248 e. The van der Waals surface area contributed by atoms with Gasteiger partial charge in [-0.3, -0.25) is 9.63 Å². The molecule has 1 rings (SSSR count). The molecule has 1 amide bonds. The third-order valence-electron chi connectivity index (χ3n) is 2.31. The first-order valence-corrected chi connectivity index (χ1v) is 5.09. The third-order valence-corrected chi connectivity index (χ3v) is 2.31. The molecule has 2 unspecified atom stereocenters. The quantitative estimate of drug-likeness (QED) is 0.645. The van der Waals surface area contributed by atoms with E-state index in [4.69, 9.17) is 4.84 Å². The number of carbonyl (C=O) groups excluding carboxylic acids is 1. The molecule has 0 aliphatic carbocycles. The molecule has 2 N–H and O–H groups in total. The summed E-state index contributed by atoms with van der Waals surface area (Å²) in [7, 11) is 0. The van der Waals surface area contributed by atoms with E-state index < -0.39 is 0 Å². The average molecular weight is 200 g/mol.